The maximum atomic E-state index is 11.7. The van der Waals surface area contributed by atoms with Crippen molar-refractivity contribution in [1.82, 2.24) is 4.98 Å². The normalized spacial score (nSPS) is 18.6. The summed E-state index contributed by atoms with van der Waals surface area (Å²) in [6.07, 6.45) is 2.29. The molecule has 2 rings (SSSR count). The Morgan fingerprint density at radius 3 is 3.00 bits per heavy atom. The zero-order chi connectivity index (χ0) is 10.3. The van der Waals surface area contributed by atoms with Crippen LogP contribution in [0, 0.1) is 3.57 Å². The van der Waals surface area contributed by atoms with E-state index in [0.29, 0.717) is 6.42 Å². The van der Waals surface area contributed by atoms with E-state index in [1.54, 1.807) is 6.20 Å². The van der Waals surface area contributed by atoms with Gasteiger partial charge in [-0.05, 0) is 42.5 Å². The number of carbonyl (C=O) groups is 1. The van der Waals surface area contributed by atoms with Gasteiger partial charge in [-0.3, -0.25) is 4.79 Å². The summed E-state index contributed by atoms with van der Waals surface area (Å²) >= 11 is 2.20. The molecule has 1 aromatic rings. The largest absolute Gasteiger partial charge is 0.358 e. The van der Waals surface area contributed by atoms with Crippen LogP contribution in [0.25, 0.3) is 0 Å². The highest BCUT2D eigenvalue weighted by Gasteiger charge is 2.33. The van der Waals surface area contributed by atoms with Crippen LogP contribution in [0.1, 0.15) is 19.4 Å². The number of rotatable bonds is 0. The first-order valence-electron chi connectivity index (χ1n) is 4.45. The molecule has 0 radical (unpaired) electrons. The molecule has 14 heavy (non-hydrogen) atoms. The van der Waals surface area contributed by atoms with E-state index in [-0.39, 0.29) is 5.78 Å². The van der Waals surface area contributed by atoms with E-state index in [1.165, 1.54) is 0 Å². The van der Waals surface area contributed by atoms with Crippen molar-refractivity contribution in [3.05, 3.63) is 21.4 Å². The topological polar surface area (TPSA) is 42.0 Å². The number of nitrogens with zero attached hydrogens (tertiary/aromatic N) is 1. The summed E-state index contributed by atoms with van der Waals surface area (Å²) in [4.78, 5) is 16.0. The fourth-order valence-electron chi connectivity index (χ4n) is 1.49. The minimum absolute atomic E-state index is 0.216. The van der Waals surface area contributed by atoms with Crippen LogP contribution in [0.3, 0.4) is 0 Å². The summed E-state index contributed by atoms with van der Waals surface area (Å²) in [5.74, 6) is 1.06. The van der Waals surface area contributed by atoms with Crippen molar-refractivity contribution in [3.63, 3.8) is 0 Å². The first-order chi connectivity index (χ1) is 6.49. The number of hydrogen-bond acceptors (Lipinski definition) is 3. The van der Waals surface area contributed by atoms with E-state index in [0.717, 1.165) is 15.0 Å². The maximum absolute atomic E-state index is 11.7. The van der Waals surface area contributed by atoms with Crippen LogP contribution in [0.5, 0.6) is 0 Å². The SMILES string of the molecule is CC1(C)Nc2ncc(I)cc2CC1=O. The van der Waals surface area contributed by atoms with Crippen molar-refractivity contribution in [2.75, 3.05) is 5.32 Å². The molecule has 0 aromatic carbocycles. The van der Waals surface area contributed by atoms with Crippen LogP contribution in [0.2, 0.25) is 0 Å². The Kier molecular flexibility index (Phi) is 2.25. The maximum Gasteiger partial charge on any atom is 0.162 e. The molecular weight excluding hydrogens is 291 g/mol. The van der Waals surface area contributed by atoms with Gasteiger partial charge in [0.1, 0.15) is 5.82 Å². The molecule has 0 unspecified atom stereocenters. The van der Waals surface area contributed by atoms with E-state index in [1.807, 2.05) is 19.9 Å². The van der Waals surface area contributed by atoms with Gasteiger partial charge in [-0.2, -0.15) is 0 Å². The molecule has 1 aliphatic rings. The highest BCUT2D eigenvalue weighted by molar-refractivity contribution is 14.1. The van der Waals surface area contributed by atoms with E-state index < -0.39 is 5.54 Å². The molecule has 0 saturated carbocycles. The minimum atomic E-state index is -0.479. The minimum Gasteiger partial charge on any atom is -0.358 e. The van der Waals surface area contributed by atoms with Crippen LogP contribution >= 0.6 is 22.6 Å². The molecule has 2 heterocycles. The number of nitrogens with one attached hydrogen (secondary N) is 1. The molecule has 0 saturated heterocycles. The fraction of sp³-hybridized carbons (Fsp3) is 0.400. The van der Waals surface area contributed by atoms with Crippen LogP contribution in [0.4, 0.5) is 5.82 Å². The molecule has 1 N–H and O–H groups in total. The third kappa shape index (κ3) is 1.63. The number of aromatic nitrogens is 1. The monoisotopic (exact) mass is 302 g/mol. The lowest BCUT2D eigenvalue weighted by atomic mass is 9.90. The Labute approximate surface area is 96.4 Å². The van der Waals surface area contributed by atoms with E-state index >= 15 is 0 Å². The second kappa shape index (κ2) is 3.18. The summed E-state index contributed by atoms with van der Waals surface area (Å²) in [6.45, 7) is 3.77. The summed E-state index contributed by atoms with van der Waals surface area (Å²) in [5, 5.41) is 3.15. The average molecular weight is 302 g/mol. The molecule has 0 atom stereocenters. The molecule has 1 aliphatic heterocycles. The van der Waals surface area contributed by atoms with Gasteiger partial charge in [-0.25, -0.2) is 4.98 Å². The predicted molar refractivity (Wildman–Crippen MR) is 63.4 cm³/mol. The van der Waals surface area contributed by atoms with Crippen molar-refractivity contribution >= 4 is 34.2 Å². The van der Waals surface area contributed by atoms with Gasteiger partial charge in [0.05, 0.1) is 5.54 Å². The third-order valence-electron chi connectivity index (χ3n) is 2.41. The zero-order valence-electron chi connectivity index (χ0n) is 8.10. The fourth-order valence-corrected chi connectivity index (χ4v) is 2.00. The number of pyridine rings is 1. The summed E-state index contributed by atoms with van der Waals surface area (Å²) in [6, 6.07) is 2.00. The van der Waals surface area contributed by atoms with Crippen LogP contribution in [0.15, 0.2) is 12.3 Å². The Hall–Kier alpha value is -0.650. The molecule has 74 valence electrons. The van der Waals surface area contributed by atoms with Crippen molar-refractivity contribution in [2.24, 2.45) is 0 Å². The second-order valence-corrected chi connectivity index (χ2v) is 5.26. The second-order valence-electron chi connectivity index (χ2n) is 4.01. The highest BCUT2D eigenvalue weighted by atomic mass is 127. The molecule has 4 heteroatoms. The lowest BCUT2D eigenvalue weighted by Gasteiger charge is -2.31. The molecule has 0 fully saturated rings. The molecule has 1 aromatic heterocycles. The zero-order valence-corrected chi connectivity index (χ0v) is 10.3. The van der Waals surface area contributed by atoms with Crippen molar-refractivity contribution < 1.29 is 4.79 Å². The van der Waals surface area contributed by atoms with Gasteiger partial charge < -0.3 is 5.32 Å². The van der Waals surface area contributed by atoms with Gasteiger partial charge in [0.15, 0.2) is 5.78 Å². The van der Waals surface area contributed by atoms with E-state index in [4.69, 9.17) is 0 Å². The molecule has 0 bridgehead atoms. The van der Waals surface area contributed by atoms with E-state index in [9.17, 15) is 4.79 Å². The number of ketones is 1. The Morgan fingerprint density at radius 2 is 2.29 bits per heavy atom. The Morgan fingerprint density at radius 1 is 1.57 bits per heavy atom. The Bertz CT molecular complexity index is 401. The number of anilines is 1. The molecule has 3 nitrogen and oxygen atoms in total. The van der Waals surface area contributed by atoms with Gasteiger partial charge >= 0.3 is 0 Å². The Balaban J connectivity index is 2.46. The standard InChI is InChI=1S/C10H11IN2O/c1-10(2)8(14)4-6-3-7(11)5-12-9(6)13-10/h3,5H,4H2,1-2H3,(H,12,13). The van der Waals surface area contributed by atoms with Gasteiger partial charge in [-0.15, -0.1) is 0 Å². The van der Waals surface area contributed by atoms with Crippen LogP contribution in [-0.2, 0) is 11.2 Å². The van der Waals surface area contributed by atoms with Crippen LogP contribution in [-0.4, -0.2) is 16.3 Å². The molecular formula is C10H11IN2O. The van der Waals surface area contributed by atoms with Gasteiger partial charge in [-0.1, -0.05) is 0 Å². The number of fused-ring (bicyclic) bond motifs is 1. The lowest BCUT2D eigenvalue weighted by Crippen LogP contribution is -2.45. The predicted octanol–water partition coefficient (Wildman–Crippen LogP) is 2.00. The molecule has 0 aliphatic carbocycles. The first-order valence-corrected chi connectivity index (χ1v) is 5.53. The summed E-state index contributed by atoms with van der Waals surface area (Å²) in [5.41, 5.74) is 0.522. The van der Waals surface area contributed by atoms with Gasteiger partial charge in [0, 0.05) is 21.8 Å². The van der Waals surface area contributed by atoms with Crippen molar-refractivity contribution in [3.8, 4) is 0 Å². The van der Waals surface area contributed by atoms with Crippen LogP contribution < -0.4 is 5.32 Å². The molecule has 0 spiro atoms. The lowest BCUT2D eigenvalue weighted by molar-refractivity contribution is -0.122. The highest BCUT2D eigenvalue weighted by Crippen LogP contribution is 2.27. The van der Waals surface area contributed by atoms with Gasteiger partial charge in [0.2, 0.25) is 0 Å². The smallest absolute Gasteiger partial charge is 0.162 e. The number of carbonyl (C=O) groups excluding carboxylic acids is 1. The van der Waals surface area contributed by atoms with E-state index in [2.05, 4.69) is 32.9 Å². The molecule has 0 amide bonds. The number of halogens is 1. The summed E-state index contributed by atoms with van der Waals surface area (Å²) < 4.78 is 1.07. The first kappa shape index (κ1) is 9.89. The summed E-state index contributed by atoms with van der Waals surface area (Å²) in [7, 11) is 0. The third-order valence-corrected chi connectivity index (χ3v) is 3.00. The number of Topliss-reactive ketones (excluding diaryl/α,β-unsaturated/α-hetero) is 1. The van der Waals surface area contributed by atoms with Crippen molar-refractivity contribution in [1.29, 1.82) is 0 Å². The quantitative estimate of drug-likeness (QED) is 0.745. The number of hydrogen-bond donors (Lipinski definition) is 1. The average Bonchev–Trinajstić information content (AvgIpc) is 2.08. The van der Waals surface area contributed by atoms with Crippen molar-refractivity contribution in [2.45, 2.75) is 25.8 Å². The van der Waals surface area contributed by atoms with Gasteiger partial charge in [0.25, 0.3) is 0 Å².